The fraction of sp³-hybridized carbons (Fsp3) is 0.364. The minimum absolute atomic E-state index is 0.0797. The molecule has 1 fully saturated rings. The van der Waals surface area contributed by atoms with Gasteiger partial charge >= 0.3 is 0 Å². The average molecular weight is 743 g/mol. The zero-order chi connectivity index (χ0) is 31.2. The highest BCUT2D eigenvalue weighted by Crippen LogP contribution is 2.60. The van der Waals surface area contributed by atoms with Gasteiger partial charge in [0.2, 0.25) is 0 Å². The van der Waals surface area contributed by atoms with Crippen LogP contribution in [0, 0.1) is 9.49 Å². The van der Waals surface area contributed by atoms with Crippen LogP contribution in [-0.2, 0) is 28.2 Å². The van der Waals surface area contributed by atoms with E-state index >= 15 is 0 Å². The van der Waals surface area contributed by atoms with Gasteiger partial charge in [-0.3, -0.25) is 9.48 Å². The Morgan fingerprint density at radius 1 is 1.11 bits per heavy atom. The average Bonchev–Trinajstić information content (AvgIpc) is 3.64. The van der Waals surface area contributed by atoms with Gasteiger partial charge in [0, 0.05) is 38.4 Å². The third-order valence-electron chi connectivity index (χ3n) is 9.14. The fourth-order valence-electron chi connectivity index (χ4n) is 7.15. The van der Waals surface area contributed by atoms with Crippen LogP contribution in [0.2, 0.25) is 23.7 Å². The molecule has 0 bridgehead atoms. The Morgan fingerprint density at radius 2 is 1.84 bits per heavy atom. The van der Waals surface area contributed by atoms with Crippen molar-refractivity contribution in [2.24, 2.45) is 5.92 Å². The van der Waals surface area contributed by atoms with E-state index in [0.717, 1.165) is 25.9 Å². The van der Waals surface area contributed by atoms with Crippen LogP contribution >= 0.6 is 34.2 Å². The monoisotopic (exact) mass is 742 g/mol. The summed E-state index contributed by atoms with van der Waals surface area (Å²) in [6.45, 7) is 6.69. The zero-order valence-electron chi connectivity index (χ0n) is 24.9. The van der Waals surface area contributed by atoms with Gasteiger partial charge < -0.3 is 19.5 Å². The first-order valence-electron chi connectivity index (χ1n) is 14.9. The number of aliphatic hydroxyl groups excluding tert-OH is 1. The lowest BCUT2D eigenvalue weighted by Crippen LogP contribution is -2.46. The van der Waals surface area contributed by atoms with E-state index in [1.165, 1.54) is 0 Å². The minimum Gasteiger partial charge on any atom is -0.432 e. The summed E-state index contributed by atoms with van der Waals surface area (Å²) in [7, 11) is -2.82. The molecule has 0 radical (unpaired) electrons. The summed E-state index contributed by atoms with van der Waals surface area (Å²) in [5, 5.41) is 19.4. The Balaban J connectivity index is 1.30. The third-order valence-corrected chi connectivity index (χ3v) is 12.6. The second-order valence-corrected chi connectivity index (χ2v) is 18.0. The largest absolute Gasteiger partial charge is 0.432 e. The maximum atomic E-state index is 14.6. The van der Waals surface area contributed by atoms with Crippen molar-refractivity contribution in [1.82, 2.24) is 15.0 Å². The van der Waals surface area contributed by atoms with Crippen LogP contribution in [0.1, 0.15) is 41.6 Å². The van der Waals surface area contributed by atoms with Gasteiger partial charge in [0.15, 0.2) is 13.9 Å². The number of rotatable bonds is 9. The number of aryl methyl sites for hydroxylation is 1. The van der Waals surface area contributed by atoms with Crippen LogP contribution in [0.3, 0.4) is 0 Å². The van der Waals surface area contributed by atoms with E-state index in [2.05, 4.69) is 32.9 Å². The lowest BCUT2D eigenvalue weighted by atomic mass is 9.82. The van der Waals surface area contributed by atoms with Crippen LogP contribution in [0.25, 0.3) is 0 Å². The first kappa shape index (κ1) is 31.4. The number of hydrogen-bond donors (Lipinski definition) is 2. The van der Waals surface area contributed by atoms with Crippen molar-refractivity contribution >= 4 is 54.1 Å². The molecule has 3 heterocycles. The molecule has 1 spiro atoms. The molecular weight excluding hydrogens is 707 g/mol. The van der Waals surface area contributed by atoms with Gasteiger partial charge in [-0.2, -0.15) is 0 Å². The molecule has 1 unspecified atom stereocenters. The highest BCUT2D eigenvalue weighted by atomic mass is 127. The molecule has 44 heavy (non-hydrogen) atoms. The lowest BCUT2D eigenvalue weighted by molar-refractivity contribution is -0.146. The van der Waals surface area contributed by atoms with E-state index < -0.39 is 13.9 Å². The van der Waals surface area contributed by atoms with Gasteiger partial charge in [0.25, 0.3) is 5.91 Å². The highest BCUT2D eigenvalue weighted by Gasteiger charge is 2.66. The molecule has 1 aromatic heterocycles. The fourth-order valence-corrected chi connectivity index (χ4v) is 10.3. The molecule has 1 saturated heterocycles. The van der Waals surface area contributed by atoms with Crippen molar-refractivity contribution < 1.29 is 19.4 Å². The number of aliphatic hydroxyl groups is 1. The number of amides is 1. The predicted octanol–water partition coefficient (Wildman–Crippen LogP) is 6.10. The molecule has 6 rings (SSSR count). The highest BCUT2D eigenvalue weighted by molar-refractivity contribution is 14.1. The van der Waals surface area contributed by atoms with E-state index in [0.29, 0.717) is 30.2 Å². The molecule has 3 aromatic carbocycles. The van der Waals surface area contributed by atoms with E-state index in [4.69, 9.17) is 16.3 Å². The number of benzene rings is 3. The SMILES string of the molecule is C[C@H]1[C@H]([Si](C)(C)O)[C@@H](CCn2cc(C(CO)c3ccccc3)nn2)O[C@]12C(=O)N(Cc1ccc(I)cc1)c1ccc(Cl)cc12. The third kappa shape index (κ3) is 5.65. The van der Waals surface area contributed by atoms with Crippen LogP contribution < -0.4 is 4.90 Å². The van der Waals surface area contributed by atoms with Crippen molar-refractivity contribution in [3.63, 3.8) is 0 Å². The topological polar surface area (TPSA) is 101 Å². The lowest BCUT2D eigenvalue weighted by Gasteiger charge is -2.32. The van der Waals surface area contributed by atoms with E-state index in [1.54, 1.807) is 9.58 Å². The maximum absolute atomic E-state index is 14.6. The molecule has 8 nitrogen and oxygen atoms in total. The Morgan fingerprint density at radius 3 is 2.52 bits per heavy atom. The number of fused-ring (bicyclic) bond motifs is 2. The molecule has 2 aliphatic rings. The van der Waals surface area contributed by atoms with Crippen LogP contribution in [0.15, 0.2) is 79.0 Å². The minimum atomic E-state index is -2.82. The summed E-state index contributed by atoms with van der Waals surface area (Å²) in [4.78, 5) is 28.0. The molecule has 0 saturated carbocycles. The van der Waals surface area contributed by atoms with Gasteiger partial charge in [-0.25, -0.2) is 0 Å². The number of hydrogen-bond acceptors (Lipinski definition) is 6. The van der Waals surface area contributed by atoms with E-state index in [9.17, 15) is 14.7 Å². The summed E-state index contributed by atoms with van der Waals surface area (Å²) in [5.41, 5.74) is 2.75. The molecule has 4 aromatic rings. The van der Waals surface area contributed by atoms with Gasteiger partial charge in [0.1, 0.15) is 0 Å². The first-order valence-corrected chi connectivity index (χ1v) is 19.3. The normalized spacial score (nSPS) is 23.8. The number of carbonyl (C=O) groups excluding carboxylic acids is 1. The van der Waals surface area contributed by atoms with Gasteiger partial charge in [-0.15, -0.1) is 5.10 Å². The quantitative estimate of drug-likeness (QED) is 0.159. The smallest absolute Gasteiger partial charge is 0.264 e. The van der Waals surface area contributed by atoms with Gasteiger partial charge in [-0.1, -0.05) is 66.2 Å². The Kier molecular flexibility index (Phi) is 8.77. The summed E-state index contributed by atoms with van der Waals surface area (Å²) in [6, 6.07) is 23.5. The summed E-state index contributed by atoms with van der Waals surface area (Å²) >= 11 is 8.80. The zero-order valence-corrected chi connectivity index (χ0v) is 28.8. The van der Waals surface area contributed by atoms with E-state index in [-0.39, 0.29) is 36.0 Å². The molecule has 5 atom stereocenters. The van der Waals surface area contributed by atoms with E-state index in [1.807, 2.05) is 99.0 Å². The molecule has 2 aliphatic heterocycles. The van der Waals surface area contributed by atoms with Gasteiger partial charge in [0.05, 0.1) is 36.6 Å². The predicted molar refractivity (Wildman–Crippen MR) is 181 cm³/mol. The number of carbonyl (C=O) groups is 1. The number of aromatic nitrogens is 3. The Bertz CT molecular complexity index is 1650. The molecule has 0 aliphatic carbocycles. The van der Waals surface area contributed by atoms with Gasteiger partial charge in [-0.05, 0) is 83.6 Å². The number of ether oxygens (including phenoxy) is 1. The standard InChI is InChI=1S/C33H36ClIN4O4Si/c1-21-31(44(2,3)42)30(15-16-38-19-28(36-37-38)26(20-40)23-7-5-4-6-8-23)43-33(21)27-17-24(34)11-14-29(27)39(32(33)41)18-22-9-12-25(35)13-10-22/h4-14,17,19,21,26,30-31,40,42H,15-16,18,20H2,1-3H3/t21-,26?,30+,31-,33+/m0/s1. The van der Waals surface area contributed by atoms with Crippen LogP contribution in [0.5, 0.6) is 0 Å². The van der Waals surface area contributed by atoms with Crippen molar-refractivity contribution in [2.75, 3.05) is 11.5 Å². The summed E-state index contributed by atoms with van der Waals surface area (Å²) in [5.74, 6) is -0.680. The van der Waals surface area contributed by atoms with Crippen molar-refractivity contribution in [2.45, 2.75) is 62.7 Å². The second-order valence-electron chi connectivity index (χ2n) is 12.4. The van der Waals surface area contributed by atoms with Crippen molar-refractivity contribution in [3.05, 3.63) is 110 Å². The number of nitrogens with zero attached hydrogens (tertiary/aromatic N) is 4. The first-order chi connectivity index (χ1) is 21.0. The maximum Gasteiger partial charge on any atom is 0.264 e. The summed E-state index contributed by atoms with van der Waals surface area (Å²) in [6.07, 6.45) is 2.00. The van der Waals surface area contributed by atoms with Crippen molar-refractivity contribution in [1.29, 1.82) is 0 Å². The molecular formula is C33H36ClIN4O4Si. The summed E-state index contributed by atoms with van der Waals surface area (Å²) < 4.78 is 9.82. The van der Waals surface area contributed by atoms with Crippen LogP contribution in [-0.4, -0.2) is 51.8 Å². The molecule has 11 heteroatoms. The Labute approximate surface area is 277 Å². The van der Waals surface area contributed by atoms with Crippen LogP contribution in [0.4, 0.5) is 5.69 Å². The van der Waals surface area contributed by atoms with Crippen molar-refractivity contribution in [3.8, 4) is 0 Å². The number of anilines is 1. The molecule has 230 valence electrons. The number of halogens is 2. The molecule has 1 amide bonds. The Hall–Kier alpha value is -2.61. The second kappa shape index (κ2) is 12.3. The molecule has 2 N–H and O–H groups in total.